The minimum Gasteiger partial charge on any atom is -0.391 e. The van der Waals surface area contributed by atoms with Gasteiger partial charge < -0.3 is 15.2 Å². The second-order valence-corrected chi connectivity index (χ2v) is 7.75. The molecule has 2 amide bonds. The van der Waals surface area contributed by atoms with E-state index in [9.17, 15) is 14.7 Å². The summed E-state index contributed by atoms with van der Waals surface area (Å²) in [5.41, 5.74) is 5.31. The lowest BCUT2D eigenvalue weighted by Crippen LogP contribution is -2.51. The van der Waals surface area contributed by atoms with Gasteiger partial charge in [-0.25, -0.2) is 5.48 Å². The van der Waals surface area contributed by atoms with Crippen molar-refractivity contribution in [3.05, 3.63) is 70.8 Å². The highest BCUT2D eigenvalue weighted by molar-refractivity contribution is 5.97. The van der Waals surface area contributed by atoms with Crippen LogP contribution in [0.15, 0.2) is 48.5 Å². The van der Waals surface area contributed by atoms with Crippen molar-refractivity contribution in [2.45, 2.75) is 32.0 Å². The molecule has 0 bridgehead atoms. The Bertz CT molecular complexity index is 862. The highest BCUT2D eigenvalue weighted by Crippen LogP contribution is 2.14. The molecule has 8 heteroatoms. The maximum absolute atomic E-state index is 12.4. The largest absolute Gasteiger partial charge is 0.391 e. The number of hydrogen-bond donors (Lipinski definition) is 4. The standard InChI is InChI=1S/C23H29N3O5/c1-16(27)21(23(29)25-30)24-22(28)20-8-6-18(7-9-20)14-17-2-4-19(5-3-17)15-26-10-12-31-13-11-26/h2-9,16,21,27,30H,10-15H2,1H3,(H,24,28)(H,25,29). The van der Waals surface area contributed by atoms with Gasteiger partial charge in [0.2, 0.25) is 0 Å². The predicted molar refractivity (Wildman–Crippen MR) is 115 cm³/mol. The van der Waals surface area contributed by atoms with Crippen LogP contribution < -0.4 is 10.8 Å². The summed E-state index contributed by atoms with van der Waals surface area (Å²) in [5, 5.41) is 20.8. The van der Waals surface area contributed by atoms with E-state index in [1.165, 1.54) is 23.5 Å². The van der Waals surface area contributed by atoms with Gasteiger partial charge in [0.25, 0.3) is 11.8 Å². The first-order valence-electron chi connectivity index (χ1n) is 10.4. The highest BCUT2D eigenvalue weighted by atomic mass is 16.5. The van der Waals surface area contributed by atoms with Gasteiger partial charge in [0, 0.05) is 25.2 Å². The number of morpholine rings is 1. The summed E-state index contributed by atoms with van der Waals surface area (Å²) in [4.78, 5) is 26.3. The molecule has 2 atom stereocenters. The number of nitrogens with one attached hydrogen (secondary N) is 2. The first-order chi connectivity index (χ1) is 15.0. The van der Waals surface area contributed by atoms with Gasteiger partial charge in [0.1, 0.15) is 6.04 Å². The van der Waals surface area contributed by atoms with Crippen molar-refractivity contribution in [1.82, 2.24) is 15.7 Å². The van der Waals surface area contributed by atoms with E-state index in [1.807, 2.05) is 12.1 Å². The number of amides is 2. The second-order valence-electron chi connectivity index (χ2n) is 7.75. The lowest BCUT2D eigenvalue weighted by atomic mass is 10.0. The van der Waals surface area contributed by atoms with Crippen molar-refractivity contribution in [2.24, 2.45) is 0 Å². The maximum Gasteiger partial charge on any atom is 0.268 e. The van der Waals surface area contributed by atoms with E-state index in [4.69, 9.17) is 9.94 Å². The molecule has 1 aliphatic heterocycles. The minimum atomic E-state index is -1.24. The number of aliphatic hydroxyl groups is 1. The lowest BCUT2D eigenvalue weighted by molar-refractivity contribution is -0.133. The molecule has 31 heavy (non-hydrogen) atoms. The molecule has 1 saturated heterocycles. The van der Waals surface area contributed by atoms with Crippen molar-refractivity contribution in [2.75, 3.05) is 26.3 Å². The zero-order valence-corrected chi connectivity index (χ0v) is 17.6. The summed E-state index contributed by atoms with van der Waals surface area (Å²) < 4.78 is 5.39. The minimum absolute atomic E-state index is 0.362. The van der Waals surface area contributed by atoms with Crippen molar-refractivity contribution >= 4 is 11.8 Å². The Labute approximate surface area is 181 Å². The van der Waals surface area contributed by atoms with Crippen molar-refractivity contribution < 1.29 is 24.6 Å². The first-order valence-corrected chi connectivity index (χ1v) is 10.4. The number of carbonyl (C=O) groups excluding carboxylic acids is 2. The molecular weight excluding hydrogens is 398 g/mol. The average molecular weight is 428 g/mol. The Morgan fingerprint density at radius 3 is 2.10 bits per heavy atom. The summed E-state index contributed by atoms with van der Waals surface area (Å²) in [5.74, 6) is -1.38. The second kappa shape index (κ2) is 11.0. The van der Waals surface area contributed by atoms with E-state index in [2.05, 4.69) is 34.5 Å². The van der Waals surface area contributed by atoms with Gasteiger partial charge >= 0.3 is 0 Å². The van der Waals surface area contributed by atoms with Crippen LogP contribution in [-0.4, -0.2) is 65.5 Å². The Balaban J connectivity index is 1.56. The monoisotopic (exact) mass is 427 g/mol. The smallest absolute Gasteiger partial charge is 0.268 e. The fourth-order valence-corrected chi connectivity index (χ4v) is 3.49. The van der Waals surface area contributed by atoms with Gasteiger partial charge in [0.15, 0.2) is 0 Å². The molecule has 0 aromatic heterocycles. The van der Waals surface area contributed by atoms with Crippen LogP contribution in [0.5, 0.6) is 0 Å². The van der Waals surface area contributed by atoms with Crippen molar-refractivity contribution in [1.29, 1.82) is 0 Å². The third kappa shape index (κ3) is 6.60. The summed E-state index contributed by atoms with van der Waals surface area (Å²) in [6.45, 7) is 5.79. The summed E-state index contributed by atoms with van der Waals surface area (Å²) in [7, 11) is 0. The van der Waals surface area contributed by atoms with Crippen LogP contribution in [0, 0.1) is 0 Å². The van der Waals surface area contributed by atoms with E-state index in [0.717, 1.165) is 44.8 Å². The molecule has 2 aromatic rings. The number of hydrogen-bond acceptors (Lipinski definition) is 6. The number of aliphatic hydroxyl groups excluding tert-OH is 1. The lowest BCUT2D eigenvalue weighted by Gasteiger charge is -2.26. The SMILES string of the molecule is CC(O)C(NC(=O)c1ccc(Cc2ccc(CN3CCOCC3)cc2)cc1)C(=O)NO. The molecule has 166 valence electrons. The number of hydroxylamine groups is 1. The molecule has 8 nitrogen and oxygen atoms in total. The van der Waals surface area contributed by atoms with Crippen LogP contribution in [0.3, 0.4) is 0 Å². The van der Waals surface area contributed by atoms with Crippen molar-refractivity contribution in [3.63, 3.8) is 0 Å². The Kier molecular flexibility index (Phi) is 8.13. The molecule has 0 aliphatic carbocycles. The topological polar surface area (TPSA) is 111 Å². The van der Waals surface area contributed by atoms with E-state index < -0.39 is 24.0 Å². The van der Waals surface area contributed by atoms with E-state index in [-0.39, 0.29) is 0 Å². The van der Waals surface area contributed by atoms with Gasteiger partial charge in [-0.1, -0.05) is 36.4 Å². The number of rotatable bonds is 8. The molecule has 1 aliphatic rings. The van der Waals surface area contributed by atoms with Gasteiger partial charge in [-0.05, 0) is 42.2 Å². The molecule has 3 rings (SSSR count). The van der Waals surface area contributed by atoms with Crippen LogP contribution in [0.1, 0.15) is 34.0 Å². The molecule has 2 aromatic carbocycles. The Morgan fingerprint density at radius 2 is 1.55 bits per heavy atom. The average Bonchev–Trinajstić information content (AvgIpc) is 2.79. The molecule has 0 saturated carbocycles. The predicted octanol–water partition coefficient (Wildman–Crippen LogP) is 1.09. The number of nitrogens with zero attached hydrogens (tertiary/aromatic N) is 1. The first kappa shape index (κ1) is 22.9. The highest BCUT2D eigenvalue weighted by Gasteiger charge is 2.25. The molecule has 0 radical (unpaired) electrons. The molecular formula is C23H29N3O5. The summed E-state index contributed by atoms with van der Waals surface area (Å²) in [6, 6.07) is 14.4. The molecule has 1 fully saturated rings. The zero-order chi connectivity index (χ0) is 22.2. The van der Waals surface area contributed by atoms with E-state index in [0.29, 0.717) is 5.56 Å². The summed E-state index contributed by atoms with van der Waals surface area (Å²) >= 11 is 0. The normalized spacial score (nSPS) is 16.4. The Morgan fingerprint density at radius 1 is 1.00 bits per heavy atom. The maximum atomic E-state index is 12.4. The quantitative estimate of drug-likeness (QED) is 0.371. The van der Waals surface area contributed by atoms with Gasteiger partial charge in [-0.2, -0.15) is 0 Å². The van der Waals surface area contributed by atoms with E-state index in [1.54, 1.807) is 12.1 Å². The number of carbonyl (C=O) groups is 2. The number of ether oxygens (including phenoxy) is 1. The molecule has 2 unspecified atom stereocenters. The van der Waals surface area contributed by atoms with E-state index >= 15 is 0 Å². The van der Waals surface area contributed by atoms with Crippen LogP contribution >= 0.6 is 0 Å². The summed E-state index contributed by atoms with van der Waals surface area (Å²) in [6.07, 6.45) is -0.412. The molecule has 0 spiro atoms. The van der Waals surface area contributed by atoms with Gasteiger partial charge in [0.05, 0.1) is 19.3 Å². The zero-order valence-electron chi connectivity index (χ0n) is 17.6. The van der Waals surface area contributed by atoms with Gasteiger partial charge in [-0.3, -0.25) is 19.7 Å². The number of benzene rings is 2. The third-order valence-electron chi connectivity index (χ3n) is 5.32. The third-order valence-corrected chi connectivity index (χ3v) is 5.32. The fourth-order valence-electron chi connectivity index (χ4n) is 3.49. The molecule has 1 heterocycles. The van der Waals surface area contributed by atoms with Crippen LogP contribution in [0.25, 0.3) is 0 Å². The van der Waals surface area contributed by atoms with Crippen LogP contribution in [-0.2, 0) is 22.5 Å². The Hall–Kier alpha value is -2.78. The van der Waals surface area contributed by atoms with Crippen LogP contribution in [0.4, 0.5) is 0 Å². The fraction of sp³-hybridized carbons (Fsp3) is 0.391. The van der Waals surface area contributed by atoms with Crippen LogP contribution in [0.2, 0.25) is 0 Å². The van der Waals surface area contributed by atoms with Gasteiger partial charge in [-0.15, -0.1) is 0 Å². The molecule has 4 N–H and O–H groups in total. The van der Waals surface area contributed by atoms with Crippen molar-refractivity contribution in [3.8, 4) is 0 Å².